The summed E-state index contributed by atoms with van der Waals surface area (Å²) < 4.78 is 1.56. The predicted octanol–water partition coefficient (Wildman–Crippen LogP) is 2.28. The summed E-state index contributed by atoms with van der Waals surface area (Å²) in [5, 5.41) is 19.8. The van der Waals surface area contributed by atoms with Crippen molar-refractivity contribution >= 4 is 23.1 Å². The Labute approximate surface area is 114 Å². The van der Waals surface area contributed by atoms with Crippen molar-refractivity contribution in [1.82, 2.24) is 9.78 Å². The number of nitrogens with zero attached hydrogens (tertiary/aromatic N) is 3. The number of carbonyl (C=O) groups excluding carboxylic acids is 1. The Morgan fingerprint density at radius 3 is 2.70 bits per heavy atom. The molecule has 0 bridgehead atoms. The molecular formula is C12H13N5O3. The molecule has 0 aliphatic carbocycles. The summed E-state index contributed by atoms with van der Waals surface area (Å²) in [6, 6.07) is 3.80. The quantitative estimate of drug-likeness (QED) is 0.662. The predicted molar refractivity (Wildman–Crippen MR) is 73.7 cm³/mol. The van der Waals surface area contributed by atoms with Gasteiger partial charge in [-0.3, -0.25) is 14.8 Å². The Morgan fingerprint density at radius 2 is 2.15 bits per heavy atom. The van der Waals surface area contributed by atoms with E-state index in [9.17, 15) is 14.9 Å². The van der Waals surface area contributed by atoms with Crippen molar-refractivity contribution in [2.24, 2.45) is 7.05 Å². The van der Waals surface area contributed by atoms with E-state index in [1.165, 1.54) is 24.4 Å². The number of aromatic nitrogens is 2. The molecule has 104 valence electrons. The summed E-state index contributed by atoms with van der Waals surface area (Å²) >= 11 is 0. The summed E-state index contributed by atoms with van der Waals surface area (Å²) in [5.41, 5.74) is 1.67. The van der Waals surface area contributed by atoms with Crippen LogP contribution >= 0.6 is 0 Å². The summed E-state index contributed by atoms with van der Waals surface area (Å²) in [7, 11) is 1.74. The third kappa shape index (κ3) is 3.10. The van der Waals surface area contributed by atoms with Gasteiger partial charge < -0.3 is 10.6 Å². The molecule has 2 rings (SSSR count). The number of anilines is 2. The highest BCUT2D eigenvalue weighted by molar-refractivity contribution is 6.00. The maximum atomic E-state index is 11.8. The summed E-state index contributed by atoms with van der Waals surface area (Å²) in [5.74, 6) is 0. The first-order chi connectivity index (χ1) is 9.45. The van der Waals surface area contributed by atoms with Crippen molar-refractivity contribution in [2.45, 2.75) is 6.92 Å². The van der Waals surface area contributed by atoms with Crippen molar-refractivity contribution in [3.8, 4) is 0 Å². The number of rotatable bonds is 3. The van der Waals surface area contributed by atoms with Gasteiger partial charge in [0, 0.05) is 31.1 Å². The minimum absolute atomic E-state index is 0.0132. The first kappa shape index (κ1) is 13.5. The number of hydrogen-bond donors (Lipinski definition) is 2. The first-order valence-electron chi connectivity index (χ1n) is 5.77. The number of hydrogen-bond acceptors (Lipinski definition) is 4. The van der Waals surface area contributed by atoms with Gasteiger partial charge in [-0.2, -0.15) is 5.10 Å². The third-order valence-corrected chi connectivity index (χ3v) is 2.63. The van der Waals surface area contributed by atoms with Gasteiger partial charge in [-0.05, 0) is 18.6 Å². The van der Waals surface area contributed by atoms with Gasteiger partial charge in [0.05, 0.1) is 16.8 Å². The lowest BCUT2D eigenvalue weighted by atomic mass is 10.2. The number of urea groups is 1. The molecule has 0 aliphatic heterocycles. The van der Waals surface area contributed by atoms with Gasteiger partial charge in [-0.1, -0.05) is 0 Å². The fourth-order valence-corrected chi connectivity index (χ4v) is 1.67. The number of nitrogens with one attached hydrogen (secondary N) is 2. The Hall–Kier alpha value is -2.90. The van der Waals surface area contributed by atoms with E-state index in [1.54, 1.807) is 24.9 Å². The van der Waals surface area contributed by atoms with E-state index < -0.39 is 11.0 Å². The number of carbonyl (C=O) groups is 1. The fraction of sp³-hybridized carbons (Fsp3) is 0.167. The van der Waals surface area contributed by atoms with Crippen LogP contribution < -0.4 is 10.6 Å². The molecule has 2 N–H and O–H groups in total. The molecule has 8 nitrogen and oxygen atoms in total. The zero-order valence-corrected chi connectivity index (χ0v) is 11.0. The Balaban J connectivity index is 2.06. The van der Waals surface area contributed by atoms with Crippen LogP contribution in [-0.4, -0.2) is 20.7 Å². The fourth-order valence-electron chi connectivity index (χ4n) is 1.67. The van der Waals surface area contributed by atoms with Crippen LogP contribution in [-0.2, 0) is 7.05 Å². The lowest BCUT2D eigenvalue weighted by Gasteiger charge is -2.08. The van der Waals surface area contributed by atoms with E-state index in [0.29, 0.717) is 16.9 Å². The molecule has 20 heavy (non-hydrogen) atoms. The molecular weight excluding hydrogens is 262 g/mol. The van der Waals surface area contributed by atoms with Crippen LogP contribution in [0.15, 0.2) is 30.6 Å². The second-order valence-corrected chi connectivity index (χ2v) is 4.24. The monoisotopic (exact) mass is 275 g/mol. The highest BCUT2D eigenvalue weighted by Gasteiger charge is 2.10. The average molecular weight is 275 g/mol. The highest BCUT2D eigenvalue weighted by atomic mass is 16.6. The minimum Gasteiger partial charge on any atom is -0.307 e. The summed E-state index contributed by atoms with van der Waals surface area (Å²) in [6.07, 6.45) is 3.17. The highest BCUT2D eigenvalue weighted by Crippen LogP contribution is 2.21. The Kier molecular flexibility index (Phi) is 3.65. The van der Waals surface area contributed by atoms with E-state index in [1.807, 2.05) is 0 Å². The molecule has 0 aliphatic rings. The van der Waals surface area contributed by atoms with Crippen LogP contribution in [0.3, 0.4) is 0 Å². The van der Waals surface area contributed by atoms with Crippen molar-refractivity contribution in [3.05, 3.63) is 46.3 Å². The average Bonchev–Trinajstić information content (AvgIpc) is 2.77. The molecule has 0 spiro atoms. The second-order valence-electron chi connectivity index (χ2n) is 4.24. The van der Waals surface area contributed by atoms with Gasteiger partial charge in [0.25, 0.3) is 5.69 Å². The van der Waals surface area contributed by atoms with Gasteiger partial charge in [0.15, 0.2) is 0 Å². The van der Waals surface area contributed by atoms with E-state index in [-0.39, 0.29) is 5.69 Å². The van der Waals surface area contributed by atoms with Gasteiger partial charge in [-0.15, -0.1) is 0 Å². The molecule has 2 aromatic rings. The van der Waals surface area contributed by atoms with Crippen molar-refractivity contribution in [2.75, 3.05) is 10.6 Å². The number of non-ortho nitro benzene ring substituents is 1. The Morgan fingerprint density at radius 1 is 1.40 bits per heavy atom. The molecule has 0 saturated carbocycles. The summed E-state index contributed by atoms with van der Waals surface area (Å²) in [6.45, 7) is 1.69. The molecule has 1 aromatic heterocycles. The van der Waals surface area contributed by atoms with Gasteiger partial charge >= 0.3 is 6.03 Å². The zero-order chi connectivity index (χ0) is 14.7. The number of nitro benzene ring substituents is 1. The first-order valence-corrected chi connectivity index (χ1v) is 5.77. The smallest absolute Gasteiger partial charge is 0.307 e. The molecule has 8 heteroatoms. The van der Waals surface area contributed by atoms with E-state index in [2.05, 4.69) is 15.7 Å². The van der Waals surface area contributed by atoms with Crippen LogP contribution in [0.1, 0.15) is 5.56 Å². The van der Waals surface area contributed by atoms with Crippen LogP contribution in [0.2, 0.25) is 0 Å². The third-order valence-electron chi connectivity index (χ3n) is 2.63. The molecule has 0 unspecified atom stereocenters. The molecule has 1 aromatic carbocycles. The van der Waals surface area contributed by atoms with Gasteiger partial charge in [0.2, 0.25) is 0 Å². The standard InChI is InChI=1S/C12H13N5O3/c1-8-5-10(17(19)20)3-4-11(8)15-12(18)14-9-6-13-16(2)7-9/h3-7H,1-2H3,(H2,14,15,18). The number of aryl methyl sites for hydroxylation is 2. The van der Waals surface area contributed by atoms with Crippen LogP contribution in [0.4, 0.5) is 21.9 Å². The largest absolute Gasteiger partial charge is 0.323 e. The number of amides is 2. The van der Waals surface area contributed by atoms with Crippen LogP contribution in [0, 0.1) is 17.0 Å². The molecule has 1 heterocycles. The Bertz CT molecular complexity index is 665. The SMILES string of the molecule is Cc1cc([N+](=O)[O-])ccc1NC(=O)Nc1cnn(C)c1. The van der Waals surface area contributed by atoms with E-state index in [0.717, 1.165) is 0 Å². The lowest BCUT2D eigenvalue weighted by molar-refractivity contribution is -0.384. The summed E-state index contributed by atoms with van der Waals surface area (Å²) in [4.78, 5) is 21.9. The topological polar surface area (TPSA) is 102 Å². The number of nitro groups is 1. The molecule has 0 radical (unpaired) electrons. The van der Waals surface area contributed by atoms with Crippen molar-refractivity contribution in [3.63, 3.8) is 0 Å². The van der Waals surface area contributed by atoms with Crippen molar-refractivity contribution < 1.29 is 9.72 Å². The normalized spacial score (nSPS) is 10.1. The maximum absolute atomic E-state index is 11.8. The minimum atomic E-state index is -0.480. The van der Waals surface area contributed by atoms with Crippen molar-refractivity contribution in [1.29, 1.82) is 0 Å². The van der Waals surface area contributed by atoms with E-state index >= 15 is 0 Å². The molecule has 2 amide bonds. The second kappa shape index (κ2) is 5.39. The maximum Gasteiger partial charge on any atom is 0.323 e. The van der Waals surface area contributed by atoms with Crippen LogP contribution in [0.25, 0.3) is 0 Å². The molecule has 0 fully saturated rings. The van der Waals surface area contributed by atoms with Gasteiger partial charge in [-0.25, -0.2) is 4.79 Å². The zero-order valence-electron chi connectivity index (χ0n) is 11.0. The molecule has 0 saturated heterocycles. The lowest BCUT2D eigenvalue weighted by Crippen LogP contribution is -2.19. The van der Waals surface area contributed by atoms with Crippen LogP contribution in [0.5, 0.6) is 0 Å². The number of benzene rings is 1. The molecule has 0 atom stereocenters. The van der Waals surface area contributed by atoms with Gasteiger partial charge in [0.1, 0.15) is 0 Å². The van der Waals surface area contributed by atoms with E-state index in [4.69, 9.17) is 0 Å².